The lowest BCUT2D eigenvalue weighted by atomic mass is 10.1. The summed E-state index contributed by atoms with van der Waals surface area (Å²) in [6.45, 7) is 4.40. The standard InChI is InChI=1S/C28H25ClFNO5S/c1-17-4-5-18(2)23(12-17)35-11-10-31-27(32)25(37-28(31)33)15-20-13-22(29)26(24(14-20)34-3)36-16-19-6-8-21(30)9-7-19/h4-9,12-15H,10-11,16H2,1-3H3/b25-15-. The average molecular weight is 542 g/mol. The second-order valence-corrected chi connectivity index (χ2v) is 9.80. The van der Waals surface area contributed by atoms with Crippen molar-refractivity contribution in [2.45, 2.75) is 20.5 Å². The summed E-state index contributed by atoms with van der Waals surface area (Å²) in [6, 6.07) is 15.1. The second kappa shape index (κ2) is 11.7. The van der Waals surface area contributed by atoms with E-state index in [9.17, 15) is 14.0 Å². The number of carbonyl (C=O) groups excluding carboxylic acids is 2. The lowest BCUT2D eigenvalue weighted by molar-refractivity contribution is -0.123. The van der Waals surface area contributed by atoms with Crippen molar-refractivity contribution < 1.29 is 28.2 Å². The summed E-state index contributed by atoms with van der Waals surface area (Å²) in [5, 5.41) is -0.0907. The van der Waals surface area contributed by atoms with Crippen LogP contribution in [-0.4, -0.2) is 36.3 Å². The number of thioether (sulfide) groups is 1. The van der Waals surface area contributed by atoms with Crippen molar-refractivity contribution in [1.82, 2.24) is 4.90 Å². The van der Waals surface area contributed by atoms with Crippen molar-refractivity contribution in [3.05, 3.63) is 92.6 Å². The summed E-state index contributed by atoms with van der Waals surface area (Å²) in [4.78, 5) is 26.9. The maximum absolute atomic E-state index is 13.1. The molecule has 1 aliphatic rings. The van der Waals surface area contributed by atoms with Crippen LogP contribution in [0, 0.1) is 19.7 Å². The summed E-state index contributed by atoms with van der Waals surface area (Å²) >= 11 is 7.31. The van der Waals surface area contributed by atoms with Gasteiger partial charge in [0.25, 0.3) is 11.1 Å². The van der Waals surface area contributed by atoms with Crippen molar-refractivity contribution >= 4 is 40.6 Å². The molecule has 192 valence electrons. The number of hydrogen-bond acceptors (Lipinski definition) is 6. The Bertz CT molecular complexity index is 1360. The summed E-state index contributed by atoms with van der Waals surface area (Å²) < 4.78 is 30.2. The minimum atomic E-state index is -0.397. The molecule has 4 rings (SSSR count). The largest absolute Gasteiger partial charge is 0.493 e. The third kappa shape index (κ3) is 6.45. The molecule has 1 fully saturated rings. The predicted octanol–water partition coefficient (Wildman–Crippen LogP) is 6.80. The maximum Gasteiger partial charge on any atom is 0.293 e. The van der Waals surface area contributed by atoms with Crippen LogP contribution in [0.3, 0.4) is 0 Å². The molecule has 0 N–H and O–H groups in total. The number of methoxy groups -OCH3 is 1. The Morgan fingerprint density at radius 1 is 1.00 bits per heavy atom. The van der Waals surface area contributed by atoms with Gasteiger partial charge in [0, 0.05) is 0 Å². The van der Waals surface area contributed by atoms with Gasteiger partial charge in [0.1, 0.15) is 24.8 Å². The number of rotatable bonds is 9. The fourth-order valence-electron chi connectivity index (χ4n) is 3.65. The Kier molecular flexibility index (Phi) is 8.41. The topological polar surface area (TPSA) is 65.1 Å². The number of hydrogen-bond donors (Lipinski definition) is 0. The zero-order valence-electron chi connectivity index (χ0n) is 20.5. The first-order chi connectivity index (χ1) is 17.7. The van der Waals surface area contributed by atoms with Gasteiger partial charge < -0.3 is 14.2 Å². The summed E-state index contributed by atoms with van der Waals surface area (Å²) in [5.41, 5.74) is 3.39. The number of ether oxygens (including phenoxy) is 3. The lowest BCUT2D eigenvalue weighted by Crippen LogP contribution is -2.32. The highest BCUT2D eigenvalue weighted by atomic mass is 35.5. The van der Waals surface area contributed by atoms with Crippen LogP contribution in [0.1, 0.15) is 22.3 Å². The molecule has 0 atom stereocenters. The number of aryl methyl sites for hydroxylation is 2. The zero-order chi connectivity index (χ0) is 26.5. The molecule has 3 aromatic carbocycles. The number of carbonyl (C=O) groups is 2. The number of halogens is 2. The molecule has 0 aromatic heterocycles. The van der Waals surface area contributed by atoms with E-state index in [-0.39, 0.29) is 40.7 Å². The Balaban J connectivity index is 1.44. The average Bonchev–Trinajstić information content (AvgIpc) is 3.13. The fourth-order valence-corrected chi connectivity index (χ4v) is 4.79. The van der Waals surface area contributed by atoms with Gasteiger partial charge in [-0.2, -0.15) is 0 Å². The van der Waals surface area contributed by atoms with E-state index in [1.54, 1.807) is 30.3 Å². The van der Waals surface area contributed by atoms with Gasteiger partial charge in [-0.15, -0.1) is 0 Å². The summed E-state index contributed by atoms with van der Waals surface area (Å²) in [7, 11) is 1.48. The van der Waals surface area contributed by atoms with Crippen LogP contribution in [0.25, 0.3) is 6.08 Å². The molecule has 0 spiro atoms. The van der Waals surface area contributed by atoms with Gasteiger partial charge in [-0.1, -0.05) is 35.9 Å². The normalized spacial score (nSPS) is 14.4. The third-order valence-corrected chi connectivity index (χ3v) is 6.82. The van der Waals surface area contributed by atoms with E-state index in [1.165, 1.54) is 24.1 Å². The van der Waals surface area contributed by atoms with Crippen LogP contribution >= 0.6 is 23.4 Å². The SMILES string of the molecule is COc1cc(/C=C2\SC(=O)N(CCOc3cc(C)ccc3C)C2=O)cc(Cl)c1OCc1ccc(F)cc1. The smallest absolute Gasteiger partial charge is 0.293 e. The Morgan fingerprint density at radius 3 is 2.49 bits per heavy atom. The molecule has 0 unspecified atom stereocenters. The van der Waals surface area contributed by atoms with E-state index >= 15 is 0 Å². The quantitative estimate of drug-likeness (QED) is 0.278. The third-order valence-electron chi connectivity index (χ3n) is 5.64. The van der Waals surface area contributed by atoms with Crippen molar-refractivity contribution in [2.75, 3.05) is 20.3 Å². The molecule has 1 saturated heterocycles. The second-order valence-electron chi connectivity index (χ2n) is 8.40. The molecule has 0 aliphatic carbocycles. The van der Waals surface area contributed by atoms with Crippen molar-refractivity contribution in [2.24, 2.45) is 0 Å². The highest BCUT2D eigenvalue weighted by Gasteiger charge is 2.35. The first-order valence-corrected chi connectivity index (χ1v) is 12.6. The maximum atomic E-state index is 13.1. The van der Waals surface area contributed by atoms with E-state index in [0.717, 1.165) is 34.2 Å². The summed E-state index contributed by atoms with van der Waals surface area (Å²) in [5.74, 6) is 0.684. The minimum absolute atomic E-state index is 0.135. The van der Waals surface area contributed by atoms with Crippen molar-refractivity contribution in [1.29, 1.82) is 0 Å². The molecule has 3 aromatic rings. The van der Waals surface area contributed by atoms with Gasteiger partial charge in [0.05, 0.1) is 23.6 Å². The lowest BCUT2D eigenvalue weighted by Gasteiger charge is -2.15. The van der Waals surface area contributed by atoms with Gasteiger partial charge in [0.15, 0.2) is 11.5 Å². The molecule has 37 heavy (non-hydrogen) atoms. The van der Waals surface area contributed by atoms with Crippen LogP contribution in [-0.2, 0) is 11.4 Å². The number of amides is 2. The molecular formula is C28H25ClFNO5S. The van der Waals surface area contributed by atoms with E-state index in [4.69, 9.17) is 25.8 Å². The van der Waals surface area contributed by atoms with E-state index in [1.807, 2.05) is 32.0 Å². The van der Waals surface area contributed by atoms with Crippen molar-refractivity contribution in [3.63, 3.8) is 0 Å². The molecule has 2 amide bonds. The van der Waals surface area contributed by atoms with Crippen LogP contribution in [0.2, 0.25) is 5.02 Å². The molecule has 0 saturated carbocycles. The molecule has 0 radical (unpaired) electrons. The van der Waals surface area contributed by atoms with Crippen LogP contribution < -0.4 is 14.2 Å². The monoisotopic (exact) mass is 541 g/mol. The molecule has 6 nitrogen and oxygen atoms in total. The Morgan fingerprint density at radius 2 is 1.76 bits per heavy atom. The fraction of sp³-hybridized carbons (Fsp3) is 0.214. The first-order valence-electron chi connectivity index (χ1n) is 11.5. The zero-order valence-corrected chi connectivity index (χ0v) is 22.1. The van der Waals surface area contributed by atoms with E-state index in [2.05, 4.69) is 0 Å². The van der Waals surface area contributed by atoms with Crippen LogP contribution in [0.5, 0.6) is 17.2 Å². The minimum Gasteiger partial charge on any atom is -0.493 e. The highest BCUT2D eigenvalue weighted by Crippen LogP contribution is 2.39. The Labute approximate surface area is 224 Å². The molecule has 9 heteroatoms. The van der Waals surface area contributed by atoms with Crippen molar-refractivity contribution in [3.8, 4) is 17.2 Å². The molecule has 0 bridgehead atoms. The molecular weight excluding hydrogens is 517 g/mol. The molecule has 1 heterocycles. The highest BCUT2D eigenvalue weighted by molar-refractivity contribution is 8.18. The number of nitrogens with zero attached hydrogens (tertiary/aromatic N) is 1. The predicted molar refractivity (Wildman–Crippen MR) is 143 cm³/mol. The van der Waals surface area contributed by atoms with Gasteiger partial charge >= 0.3 is 0 Å². The van der Waals surface area contributed by atoms with E-state index in [0.29, 0.717) is 17.1 Å². The van der Waals surface area contributed by atoms with Gasteiger partial charge in [0.2, 0.25) is 0 Å². The Hall–Kier alpha value is -3.49. The van der Waals surface area contributed by atoms with Gasteiger partial charge in [-0.3, -0.25) is 14.5 Å². The van der Waals surface area contributed by atoms with Gasteiger partial charge in [-0.05, 0) is 84.3 Å². The van der Waals surface area contributed by atoms with E-state index < -0.39 is 5.91 Å². The van der Waals surface area contributed by atoms with Gasteiger partial charge in [-0.25, -0.2) is 4.39 Å². The molecule has 1 aliphatic heterocycles. The summed E-state index contributed by atoms with van der Waals surface area (Å²) in [6.07, 6.45) is 1.59. The van der Waals surface area contributed by atoms with Crippen LogP contribution in [0.4, 0.5) is 9.18 Å². The first kappa shape index (κ1) is 26.6. The van der Waals surface area contributed by atoms with Crippen LogP contribution in [0.15, 0.2) is 59.5 Å². The number of imide groups is 1. The number of benzene rings is 3.